The molecule has 2 N–H and O–H groups in total. The number of nitrogens with zero attached hydrogens (tertiary/aromatic N) is 6. The Morgan fingerprint density at radius 2 is 2.27 bits per heavy atom. The summed E-state index contributed by atoms with van der Waals surface area (Å²) in [5.41, 5.74) is 1.85. The summed E-state index contributed by atoms with van der Waals surface area (Å²) in [7, 11) is 0. The van der Waals surface area contributed by atoms with Crippen molar-refractivity contribution in [3.05, 3.63) is 48.0 Å². The van der Waals surface area contributed by atoms with E-state index in [2.05, 4.69) is 31.3 Å². The highest BCUT2D eigenvalue weighted by Gasteiger charge is 2.18. The highest BCUT2D eigenvalue weighted by Crippen LogP contribution is 2.18. The van der Waals surface area contributed by atoms with E-state index in [0.29, 0.717) is 23.2 Å². The van der Waals surface area contributed by atoms with Gasteiger partial charge in [-0.15, -0.1) is 5.10 Å². The maximum absolute atomic E-state index is 12.5. The van der Waals surface area contributed by atoms with Gasteiger partial charge in [0.2, 0.25) is 0 Å². The Balaban J connectivity index is 1.48. The SMILES string of the molecule is Cc1nnnn1-c1cccc(NC(=O)c2ccn(C3CCCNC3)n2)c1. The van der Waals surface area contributed by atoms with E-state index in [-0.39, 0.29) is 5.91 Å². The van der Waals surface area contributed by atoms with Gasteiger partial charge in [0.15, 0.2) is 11.5 Å². The van der Waals surface area contributed by atoms with Crippen LogP contribution in [0.3, 0.4) is 0 Å². The molecule has 3 aromatic rings. The first-order valence-electron chi connectivity index (χ1n) is 8.63. The molecule has 1 aliphatic rings. The first kappa shape index (κ1) is 16.4. The van der Waals surface area contributed by atoms with Gasteiger partial charge in [-0.2, -0.15) is 9.78 Å². The Kier molecular flexibility index (Phi) is 4.44. The van der Waals surface area contributed by atoms with Gasteiger partial charge in [-0.05, 0) is 61.0 Å². The quantitative estimate of drug-likeness (QED) is 0.735. The lowest BCUT2D eigenvalue weighted by molar-refractivity contribution is 0.102. The second kappa shape index (κ2) is 7.04. The van der Waals surface area contributed by atoms with Crippen LogP contribution in [-0.4, -0.2) is 49.0 Å². The van der Waals surface area contributed by atoms with Crippen LogP contribution in [0, 0.1) is 6.92 Å². The predicted octanol–water partition coefficient (Wildman–Crippen LogP) is 1.34. The number of hydrogen-bond donors (Lipinski definition) is 2. The van der Waals surface area contributed by atoms with E-state index in [1.54, 1.807) is 10.7 Å². The van der Waals surface area contributed by atoms with Crippen LogP contribution in [0.5, 0.6) is 0 Å². The average Bonchev–Trinajstić information content (AvgIpc) is 3.32. The third-order valence-corrected chi connectivity index (χ3v) is 4.46. The molecular weight excluding hydrogens is 332 g/mol. The van der Waals surface area contributed by atoms with Crippen molar-refractivity contribution in [2.24, 2.45) is 0 Å². The van der Waals surface area contributed by atoms with Crippen molar-refractivity contribution in [3.8, 4) is 5.69 Å². The lowest BCUT2D eigenvalue weighted by Crippen LogP contribution is -2.32. The van der Waals surface area contributed by atoms with Crippen LogP contribution in [0.2, 0.25) is 0 Å². The molecule has 0 radical (unpaired) electrons. The summed E-state index contributed by atoms with van der Waals surface area (Å²) in [6, 6.07) is 9.42. The van der Waals surface area contributed by atoms with E-state index in [1.807, 2.05) is 42.1 Å². The van der Waals surface area contributed by atoms with Crippen molar-refractivity contribution in [3.63, 3.8) is 0 Å². The monoisotopic (exact) mass is 352 g/mol. The molecule has 3 heterocycles. The number of amides is 1. The third-order valence-electron chi connectivity index (χ3n) is 4.46. The second-order valence-electron chi connectivity index (χ2n) is 6.32. The molecule has 1 aromatic carbocycles. The van der Waals surface area contributed by atoms with E-state index in [9.17, 15) is 4.79 Å². The Morgan fingerprint density at radius 3 is 3.04 bits per heavy atom. The number of rotatable bonds is 4. The van der Waals surface area contributed by atoms with Gasteiger partial charge in [-0.1, -0.05) is 6.07 Å². The molecule has 1 aliphatic heterocycles. The van der Waals surface area contributed by atoms with Crippen LogP contribution in [-0.2, 0) is 0 Å². The van der Waals surface area contributed by atoms with Crippen LogP contribution in [0.25, 0.3) is 5.69 Å². The minimum atomic E-state index is -0.238. The molecule has 2 aromatic heterocycles. The van der Waals surface area contributed by atoms with Gasteiger partial charge < -0.3 is 10.6 Å². The summed E-state index contributed by atoms with van der Waals surface area (Å²) >= 11 is 0. The first-order chi connectivity index (χ1) is 12.7. The van der Waals surface area contributed by atoms with Crippen molar-refractivity contribution >= 4 is 11.6 Å². The maximum atomic E-state index is 12.5. The second-order valence-corrected chi connectivity index (χ2v) is 6.32. The number of aromatic nitrogens is 6. The largest absolute Gasteiger partial charge is 0.321 e. The number of piperidine rings is 1. The van der Waals surface area contributed by atoms with Gasteiger partial charge in [0.1, 0.15) is 0 Å². The Labute approximate surface area is 150 Å². The van der Waals surface area contributed by atoms with Crippen molar-refractivity contribution in [2.75, 3.05) is 18.4 Å². The predicted molar refractivity (Wildman–Crippen MR) is 95.2 cm³/mol. The van der Waals surface area contributed by atoms with Gasteiger partial charge >= 0.3 is 0 Å². The number of benzene rings is 1. The van der Waals surface area contributed by atoms with E-state index < -0.39 is 0 Å². The van der Waals surface area contributed by atoms with Crippen LogP contribution >= 0.6 is 0 Å². The lowest BCUT2D eigenvalue weighted by atomic mass is 10.1. The number of hydrogen-bond acceptors (Lipinski definition) is 6. The summed E-state index contributed by atoms with van der Waals surface area (Å²) < 4.78 is 3.49. The summed E-state index contributed by atoms with van der Waals surface area (Å²) in [6.07, 6.45) is 4.06. The fourth-order valence-electron chi connectivity index (χ4n) is 3.10. The number of nitrogens with one attached hydrogen (secondary N) is 2. The zero-order valence-electron chi connectivity index (χ0n) is 14.5. The standard InChI is InChI=1S/C17H20N8O/c1-12-20-22-23-25(12)14-5-2-4-13(10-14)19-17(26)16-7-9-24(21-16)15-6-3-8-18-11-15/h2,4-5,7,9-10,15,18H,3,6,8,11H2,1H3,(H,19,26). The summed E-state index contributed by atoms with van der Waals surface area (Å²) in [4.78, 5) is 12.5. The normalized spacial score (nSPS) is 17.2. The Hall–Kier alpha value is -3.07. The van der Waals surface area contributed by atoms with Crippen molar-refractivity contribution in [2.45, 2.75) is 25.8 Å². The van der Waals surface area contributed by atoms with E-state index >= 15 is 0 Å². The first-order valence-corrected chi connectivity index (χ1v) is 8.63. The lowest BCUT2D eigenvalue weighted by Gasteiger charge is -2.22. The summed E-state index contributed by atoms with van der Waals surface area (Å²) in [6.45, 7) is 3.75. The van der Waals surface area contributed by atoms with Crippen LogP contribution in [0.4, 0.5) is 5.69 Å². The number of anilines is 1. The molecule has 0 bridgehead atoms. The average molecular weight is 352 g/mol. The Bertz CT molecular complexity index is 909. The van der Waals surface area contributed by atoms with Gasteiger partial charge in [0.25, 0.3) is 5.91 Å². The number of carbonyl (C=O) groups is 1. The van der Waals surface area contributed by atoms with Crippen molar-refractivity contribution in [1.29, 1.82) is 0 Å². The molecule has 1 amide bonds. The van der Waals surface area contributed by atoms with Gasteiger partial charge in [0.05, 0.1) is 11.7 Å². The van der Waals surface area contributed by atoms with Crippen LogP contribution < -0.4 is 10.6 Å². The molecule has 9 heteroatoms. The van der Waals surface area contributed by atoms with Gasteiger partial charge in [-0.3, -0.25) is 9.48 Å². The number of tetrazole rings is 1. The molecule has 0 spiro atoms. The maximum Gasteiger partial charge on any atom is 0.276 e. The van der Waals surface area contributed by atoms with E-state index in [0.717, 1.165) is 31.6 Å². The number of carbonyl (C=O) groups excluding carboxylic acids is 1. The van der Waals surface area contributed by atoms with Crippen molar-refractivity contribution in [1.82, 2.24) is 35.3 Å². The molecule has 1 atom stereocenters. The minimum Gasteiger partial charge on any atom is -0.321 e. The highest BCUT2D eigenvalue weighted by molar-refractivity contribution is 6.02. The molecule has 9 nitrogen and oxygen atoms in total. The molecule has 4 rings (SSSR count). The van der Waals surface area contributed by atoms with E-state index in [4.69, 9.17) is 0 Å². The molecule has 0 aliphatic carbocycles. The van der Waals surface area contributed by atoms with Gasteiger partial charge in [0, 0.05) is 18.4 Å². The molecule has 26 heavy (non-hydrogen) atoms. The molecular formula is C17H20N8O. The van der Waals surface area contributed by atoms with E-state index in [1.165, 1.54) is 0 Å². The highest BCUT2D eigenvalue weighted by atomic mass is 16.1. The molecule has 1 saturated heterocycles. The van der Waals surface area contributed by atoms with Crippen LogP contribution in [0.15, 0.2) is 36.5 Å². The minimum absolute atomic E-state index is 0.238. The molecule has 134 valence electrons. The fraction of sp³-hybridized carbons (Fsp3) is 0.353. The third kappa shape index (κ3) is 3.33. The summed E-state index contributed by atoms with van der Waals surface area (Å²) in [5, 5.41) is 22.1. The van der Waals surface area contributed by atoms with Gasteiger partial charge in [-0.25, -0.2) is 0 Å². The summed E-state index contributed by atoms with van der Waals surface area (Å²) in [5.74, 6) is 0.436. The topological polar surface area (TPSA) is 103 Å². The molecule has 1 fully saturated rings. The molecule has 1 unspecified atom stereocenters. The fourth-order valence-corrected chi connectivity index (χ4v) is 3.10. The molecule has 0 saturated carbocycles. The number of aryl methyl sites for hydroxylation is 1. The van der Waals surface area contributed by atoms with Crippen LogP contribution in [0.1, 0.15) is 35.2 Å². The smallest absolute Gasteiger partial charge is 0.276 e. The zero-order chi connectivity index (χ0) is 17.9. The van der Waals surface area contributed by atoms with Crippen molar-refractivity contribution < 1.29 is 4.79 Å². The zero-order valence-corrected chi connectivity index (χ0v) is 14.5. The Morgan fingerprint density at radius 1 is 1.35 bits per heavy atom.